The monoisotopic (exact) mass is 341 g/mol. The average Bonchev–Trinajstić information content (AvgIpc) is 2.96. The van der Waals surface area contributed by atoms with Crippen LogP contribution in [0.2, 0.25) is 0 Å². The van der Waals surface area contributed by atoms with Gasteiger partial charge < -0.3 is 16.5 Å². The fraction of sp³-hybridized carbons (Fsp3) is 0.235. The molecule has 0 unspecified atom stereocenters. The van der Waals surface area contributed by atoms with E-state index in [0.717, 1.165) is 35.7 Å². The molecule has 0 radical (unpaired) electrons. The summed E-state index contributed by atoms with van der Waals surface area (Å²) in [6, 6.07) is 2.76. The first-order chi connectivity index (χ1) is 11.7. The van der Waals surface area contributed by atoms with Crippen molar-refractivity contribution < 1.29 is 4.39 Å². The van der Waals surface area contributed by atoms with Crippen LogP contribution in [-0.2, 0) is 12.8 Å². The normalized spacial score (nSPS) is 13.7. The Labute approximate surface area is 142 Å². The first-order valence-corrected chi connectivity index (χ1v) is 8.61. The molecular formula is C17H16FN5S. The molecule has 0 saturated heterocycles. The van der Waals surface area contributed by atoms with Crippen molar-refractivity contribution in [2.75, 3.05) is 11.1 Å². The number of aromatic nitrogens is 2. The Hall–Kier alpha value is -2.54. The number of nitrogen functional groups attached to an aromatic ring is 1. The van der Waals surface area contributed by atoms with E-state index in [9.17, 15) is 4.39 Å². The number of hydrogen-bond acceptors (Lipinski definition) is 6. The van der Waals surface area contributed by atoms with E-state index in [0.29, 0.717) is 11.4 Å². The van der Waals surface area contributed by atoms with E-state index in [2.05, 4.69) is 15.3 Å². The van der Waals surface area contributed by atoms with Crippen LogP contribution in [0.3, 0.4) is 0 Å². The predicted molar refractivity (Wildman–Crippen MR) is 96.0 cm³/mol. The van der Waals surface area contributed by atoms with E-state index >= 15 is 0 Å². The molecule has 122 valence electrons. The summed E-state index contributed by atoms with van der Waals surface area (Å²) in [7, 11) is 0. The Morgan fingerprint density at radius 3 is 2.92 bits per heavy atom. The molecule has 0 bridgehead atoms. The van der Waals surface area contributed by atoms with E-state index in [1.165, 1.54) is 35.3 Å². The van der Waals surface area contributed by atoms with Gasteiger partial charge in [-0.3, -0.25) is 0 Å². The number of halogens is 1. The maximum Gasteiger partial charge on any atom is 0.148 e. The van der Waals surface area contributed by atoms with Crippen LogP contribution in [0.25, 0.3) is 10.2 Å². The summed E-state index contributed by atoms with van der Waals surface area (Å²) in [4.78, 5) is 11.0. The van der Waals surface area contributed by atoms with Gasteiger partial charge in [0.05, 0.1) is 11.1 Å². The van der Waals surface area contributed by atoms with Crippen molar-refractivity contribution in [2.45, 2.75) is 25.7 Å². The third-order valence-electron chi connectivity index (χ3n) is 4.33. The topological polar surface area (TPSA) is 87.7 Å². The standard InChI is InChI=1S/C17H16FN5S/c18-11-6-12(20)9(7-19)5-13(11)23-16-15-10-3-1-2-4-14(10)24-17(15)22-8-21-16/h5-8,19H,1-4,20H2,(H,21,22,23). The van der Waals surface area contributed by atoms with Crippen molar-refractivity contribution in [3.8, 4) is 0 Å². The fourth-order valence-electron chi connectivity index (χ4n) is 3.14. The van der Waals surface area contributed by atoms with Crippen molar-refractivity contribution >= 4 is 45.0 Å². The van der Waals surface area contributed by atoms with Gasteiger partial charge >= 0.3 is 0 Å². The Morgan fingerprint density at radius 2 is 2.08 bits per heavy atom. The molecule has 5 nitrogen and oxygen atoms in total. The van der Waals surface area contributed by atoms with Crippen LogP contribution in [0.1, 0.15) is 28.8 Å². The van der Waals surface area contributed by atoms with Crippen LogP contribution in [0.4, 0.5) is 21.6 Å². The number of thiophene rings is 1. The number of nitrogens with two attached hydrogens (primary N) is 1. The van der Waals surface area contributed by atoms with Crippen molar-refractivity contribution in [2.24, 2.45) is 0 Å². The quantitative estimate of drug-likeness (QED) is 0.496. The Balaban J connectivity index is 1.83. The van der Waals surface area contributed by atoms with E-state index < -0.39 is 5.82 Å². The fourth-order valence-corrected chi connectivity index (χ4v) is 4.37. The maximum absolute atomic E-state index is 14.3. The summed E-state index contributed by atoms with van der Waals surface area (Å²) in [5.41, 5.74) is 7.98. The number of aryl methyl sites for hydroxylation is 2. The lowest BCUT2D eigenvalue weighted by atomic mass is 9.97. The average molecular weight is 341 g/mol. The van der Waals surface area contributed by atoms with E-state index in [-0.39, 0.29) is 11.4 Å². The maximum atomic E-state index is 14.3. The molecule has 0 amide bonds. The molecule has 3 aromatic rings. The second-order valence-corrected chi connectivity index (χ2v) is 6.93. The first-order valence-electron chi connectivity index (χ1n) is 7.79. The summed E-state index contributed by atoms with van der Waals surface area (Å²) in [6.45, 7) is 0. The molecule has 1 aliphatic carbocycles. The molecule has 0 saturated carbocycles. The van der Waals surface area contributed by atoms with Gasteiger partial charge in [-0.25, -0.2) is 14.4 Å². The summed E-state index contributed by atoms with van der Waals surface area (Å²) >= 11 is 1.70. The molecule has 2 heterocycles. The zero-order chi connectivity index (χ0) is 16.7. The molecule has 1 aliphatic rings. The molecular weight excluding hydrogens is 325 g/mol. The molecule has 2 aromatic heterocycles. The van der Waals surface area contributed by atoms with Gasteiger partial charge in [-0.1, -0.05) is 0 Å². The lowest BCUT2D eigenvalue weighted by molar-refractivity contribution is 0.632. The third kappa shape index (κ3) is 2.41. The van der Waals surface area contributed by atoms with Gasteiger partial charge in [-0.2, -0.15) is 0 Å². The number of rotatable bonds is 3. The minimum atomic E-state index is -0.464. The van der Waals surface area contributed by atoms with Crippen LogP contribution >= 0.6 is 11.3 Å². The highest BCUT2D eigenvalue weighted by Gasteiger charge is 2.20. The Morgan fingerprint density at radius 1 is 1.25 bits per heavy atom. The highest BCUT2D eigenvalue weighted by atomic mass is 32.1. The second kappa shape index (κ2) is 5.83. The lowest BCUT2D eigenvalue weighted by Gasteiger charge is -2.13. The lowest BCUT2D eigenvalue weighted by Crippen LogP contribution is -2.03. The molecule has 24 heavy (non-hydrogen) atoms. The van der Waals surface area contributed by atoms with Crippen molar-refractivity contribution in [1.82, 2.24) is 9.97 Å². The number of hydrogen-bond donors (Lipinski definition) is 3. The highest BCUT2D eigenvalue weighted by molar-refractivity contribution is 7.19. The SMILES string of the molecule is N=Cc1cc(Nc2ncnc3sc4c(c23)CCCC4)c(F)cc1N. The van der Waals surface area contributed by atoms with Crippen LogP contribution in [-0.4, -0.2) is 16.2 Å². The zero-order valence-electron chi connectivity index (χ0n) is 12.9. The van der Waals surface area contributed by atoms with Gasteiger partial charge in [0.2, 0.25) is 0 Å². The van der Waals surface area contributed by atoms with Crippen LogP contribution < -0.4 is 11.1 Å². The molecule has 7 heteroatoms. The largest absolute Gasteiger partial charge is 0.398 e. The van der Waals surface area contributed by atoms with Gasteiger partial charge in [0, 0.05) is 22.3 Å². The molecule has 4 N–H and O–H groups in total. The summed E-state index contributed by atoms with van der Waals surface area (Å²) in [5, 5.41) is 11.4. The van der Waals surface area contributed by atoms with E-state index in [1.807, 2.05) is 0 Å². The predicted octanol–water partition coefficient (Wildman–Crippen LogP) is 4.03. The van der Waals surface area contributed by atoms with E-state index in [4.69, 9.17) is 11.1 Å². The minimum Gasteiger partial charge on any atom is -0.398 e. The minimum absolute atomic E-state index is 0.244. The van der Waals surface area contributed by atoms with Gasteiger partial charge in [0.1, 0.15) is 22.8 Å². The number of anilines is 3. The first kappa shape index (κ1) is 15.0. The van der Waals surface area contributed by atoms with Crippen LogP contribution in [0, 0.1) is 11.2 Å². The Bertz CT molecular complexity index is 950. The van der Waals surface area contributed by atoms with Crippen molar-refractivity contribution in [1.29, 1.82) is 5.41 Å². The second-order valence-electron chi connectivity index (χ2n) is 5.84. The molecule has 1 aromatic carbocycles. The zero-order valence-corrected chi connectivity index (χ0v) is 13.7. The smallest absolute Gasteiger partial charge is 0.148 e. The van der Waals surface area contributed by atoms with Gasteiger partial charge in [-0.15, -0.1) is 11.3 Å². The third-order valence-corrected chi connectivity index (χ3v) is 5.53. The molecule has 0 spiro atoms. The van der Waals surface area contributed by atoms with Gasteiger partial charge in [0.25, 0.3) is 0 Å². The number of nitrogens with zero attached hydrogens (tertiary/aromatic N) is 2. The summed E-state index contributed by atoms with van der Waals surface area (Å²) < 4.78 is 14.3. The highest BCUT2D eigenvalue weighted by Crippen LogP contribution is 2.39. The van der Waals surface area contributed by atoms with Crippen LogP contribution in [0.15, 0.2) is 18.5 Å². The summed E-state index contributed by atoms with van der Waals surface area (Å²) in [6.07, 6.45) is 7.05. The number of nitrogens with one attached hydrogen (secondary N) is 2. The molecule has 0 fully saturated rings. The molecule has 0 aliphatic heterocycles. The number of fused-ring (bicyclic) bond motifs is 3. The Kier molecular flexibility index (Phi) is 3.65. The van der Waals surface area contributed by atoms with Crippen LogP contribution in [0.5, 0.6) is 0 Å². The van der Waals surface area contributed by atoms with Crippen molar-refractivity contribution in [3.63, 3.8) is 0 Å². The van der Waals surface area contributed by atoms with Gasteiger partial charge in [-0.05, 0) is 43.4 Å². The van der Waals surface area contributed by atoms with Gasteiger partial charge in [0.15, 0.2) is 0 Å². The van der Waals surface area contributed by atoms with Crippen molar-refractivity contribution in [3.05, 3.63) is 40.3 Å². The number of benzene rings is 1. The summed E-state index contributed by atoms with van der Waals surface area (Å²) in [5.74, 6) is 0.146. The molecule has 0 atom stereocenters. The van der Waals surface area contributed by atoms with E-state index in [1.54, 1.807) is 11.3 Å². The molecule has 4 rings (SSSR count).